The molecule has 4 aromatic rings. The van der Waals surface area contributed by atoms with Gasteiger partial charge < -0.3 is 4.98 Å². The van der Waals surface area contributed by atoms with Gasteiger partial charge in [0.25, 0.3) is 0 Å². The van der Waals surface area contributed by atoms with Crippen LogP contribution in [0, 0.1) is 13.8 Å². The normalized spacial score (nSPS) is 12.2. The highest BCUT2D eigenvalue weighted by atomic mass is 32.2. The van der Waals surface area contributed by atoms with Crippen LogP contribution >= 0.6 is 0 Å². The lowest BCUT2D eigenvalue weighted by atomic mass is 10.1. The van der Waals surface area contributed by atoms with E-state index in [-0.39, 0.29) is 0 Å². The topological polar surface area (TPSA) is 104 Å². The molecular formula is C20H21N5O2S. The minimum Gasteiger partial charge on any atom is -0.344 e. The summed E-state index contributed by atoms with van der Waals surface area (Å²) >= 11 is 0. The zero-order valence-corrected chi connectivity index (χ0v) is 16.9. The summed E-state index contributed by atoms with van der Waals surface area (Å²) in [5.74, 6) is 0. The van der Waals surface area contributed by atoms with Crippen LogP contribution in [0.3, 0.4) is 0 Å². The molecule has 0 amide bonds. The molecule has 0 saturated carbocycles. The molecule has 0 aliphatic rings. The van der Waals surface area contributed by atoms with Crippen molar-refractivity contribution >= 4 is 21.0 Å². The van der Waals surface area contributed by atoms with E-state index in [9.17, 15) is 8.42 Å². The number of aromatic amines is 2. The summed E-state index contributed by atoms with van der Waals surface area (Å²) in [7, 11) is -3.30. The molecule has 1 aromatic carbocycles. The van der Waals surface area contributed by atoms with Gasteiger partial charge in [-0.1, -0.05) is 12.1 Å². The SMILES string of the molecule is Cc1n[nH]c(C)c1-c1c[nH]c2ncc(-c3ccc(S(=O)(=O)C(C)C)cc3)nc12. The van der Waals surface area contributed by atoms with Crippen molar-refractivity contribution in [2.75, 3.05) is 0 Å². The summed E-state index contributed by atoms with van der Waals surface area (Å²) in [4.78, 5) is 12.7. The number of aryl methyl sites for hydroxylation is 2. The van der Waals surface area contributed by atoms with E-state index in [4.69, 9.17) is 4.98 Å². The Morgan fingerprint density at radius 3 is 2.39 bits per heavy atom. The van der Waals surface area contributed by atoms with Gasteiger partial charge in [0.2, 0.25) is 0 Å². The zero-order valence-electron chi connectivity index (χ0n) is 16.1. The molecule has 144 valence electrons. The fraction of sp³-hybridized carbons (Fsp3) is 0.250. The molecule has 0 atom stereocenters. The first-order valence-corrected chi connectivity index (χ1v) is 10.5. The Morgan fingerprint density at radius 1 is 1.07 bits per heavy atom. The Labute approximate surface area is 163 Å². The van der Waals surface area contributed by atoms with Crippen LogP contribution in [-0.2, 0) is 9.84 Å². The minimum atomic E-state index is -3.30. The number of H-pyrrole nitrogens is 2. The van der Waals surface area contributed by atoms with Gasteiger partial charge in [0.1, 0.15) is 5.52 Å². The molecular weight excluding hydrogens is 374 g/mol. The van der Waals surface area contributed by atoms with Crippen LogP contribution in [0.2, 0.25) is 0 Å². The molecule has 0 spiro atoms. The van der Waals surface area contributed by atoms with E-state index < -0.39 is 15.1 Å². The number of benzene rings is 1. The molecule has 0 bridgehead atoms. The van der Waals surface area contributed by atoms with Crippen LogP contribution in [0.1, 0.15) is 25.2 Å². The van der Waals surface area contributed by atoms with Gasteiger partial charge in [-0.3, -0.25) is 5.10 Å². The Hall–Kier alpha value is -3.00. The molecule has 3 heterocycles. The number of rotatable bonds is 4. The second-order valence-electron chi connectivity index (χ2n) is 7.08. The lowest BCUT2D eigenvalue weighted by Crippen LogP contribution is -2.13. The second-order valence-corrected chi connectivity index (χ2v) is 9.59. The van der Waals surface area contributed by atoms with Crippen LogP contribution in [0.15, 0.2) is 41.6 Å². The first kappa shape index (κ1) is 18.4. The van der Waals surface area contributed by atoms with Gasteiger partial charge in [0.05, 0.1) is 27.7 Å². The van der Waals surface area contributed by atoms with Crippen molar-refractivity contribution in [2.45, 2.75) is 37.8 Å². The maximum absolute atomic E-state index is 12.3. The molecule has 8 heteroatoms. The van der Waals surface area contributed by atoms with Crippen LogP contribution in [-0.4, -0.2) is 38.8 Å². The third-order valence-corrected chi connectivity index (χ3v) is 7.05. The van der Waals surface area contributed by atoms with Crippen molar-refractivity contribution in [2.24, 2.45) is 0 Å². The first-order valence-electron chi connectivity index (χ1n) is 8.99. The zero-order chi connectivity index (χ0) is 20.1. The Morgan fingerprint density at radius 2 is 1.79 bits per heavy atom. The lowest BCUT2D eigenvalue weighted by Gasteiger charge is -2.08. The van der Waals surface area contributed by atoms with E-state index in [2.05, 4.69) is 20.2 Å². The van der Waals surface area contributed by atoms with E-state index in [0.29, 0.717) is 16.2 Å². The van der Waals surface area contributed by atoms with Gasteiger partial charge >= 0.3 is 0 Å². The third kappa shape index (κ3) is 2.90. The summed E-state index contributed by atoms with van der Waals surface area (Å²) in [5.41, 5.74) is 6.75. The number of nitrogens with zero attached hydrogens (tertiary/aromatic N) is 3. The smallest absolute Gasteiger partial charge is 0.180 e. The van der Waals surface area contributed by atoms with Crippen molar-refractivity contribution in [1.29, 1.82) is 0 Å². The maximum atomic E-state index is 12.3. The van der Waals surface area contributed by atoms with Crippen LogP contribution in [0.25, 0.3) is 33.5 Å². The standard InChI is InChI=1S/C20H21N5O2S/c1-11(2)28(26,27)15-7-5-14(6-8-15)17-10-22-20-19(23-17)16(9-21-20)18-12(3)24-25-13(18)4/h5-11H,1-4H3,(H,21,22)(H,24,25). The summed E-state index contributed by atoms with van der Waals surface area (Å²) in [5, 5.41) is 6.80. The van der Waals surface area contributed by atoms with Crippen molar-refractivity contribution in [1.82, 2.24) is 25.1 Å². The molecule has 7 nitrogen and oxygen atoms in total. The van der Waals surface area contributed by atoms with Crippen molar-refractivity contribution in [3.8, 4) is 22.4 Å². The summed E-state index contributed by atoms with van der Waals surface area (Å²) in [6.07, 6.45) is 3.57. The number of hydrogen-bond acceptors (Lipinski definition) is 5. The van der Waals surface area contributed by atoms with Crippen LogP contribution < -0.4 is 0 Å². The van der Waals surface area contributed by atoms with Gasteiger partial charge in [-0.25, -0.2) is 18.4 Å². The molecule has 0 aliphatic heterocycles. The molecule has 0 fully saturated rings. The fourth-order valence-electron chi connectivity index (χ4n) is 3.26. The average molecular weight is 395 g/mol. The van der Waals surface area contributed by atoms with E-state index in [1.165, 1.54) is 0 Å². The van der Waals surface area contributed by atoms with Crippen molar-refractivity contribution < 1.29 is 8.42 Å². The predicted octanol–water partition coefficient (Wildman–Crippen LogP) is 3.81. The van der Waals surface area contributed by atoms with E-state index >= 15 is 0 Å². The number of aromatic nitrogens is 5. The Balaban J connectivity index is 1.80. The average Bonchev–Trinajstić information content (AvgIpc) is 3.23. The lowest BCUT2D eigenvalue weighted by molar-refractivity contribution is 0.587. The quantitative estimate of drug-likeness (QED) is 0.547. The molecule has 3 aromatic heterocycles. The second kappa shape index (κ2) is 6.56. The summed E-state index contributed by atoms with van der Waals surface area (Å²) in [6.45, 7) is 7.27. The highest BCUT2D eigenvalue weighted by molar-refractivity contribution is 7.92. The highest BCUT2D eigenvalue weighted by Gasteiger charge is 2.19. The van der Waals surface area contributed by atoms with E-state index in [0.717, 1.165) is 33.6 Å². The van der Waals surface area contributed by atoms with Gasteiger partial charge in [0, 0.05) is 28.6 Å². The van der Waals surface area contributed by atoms with E-state index in [1.807, 2.05) is 20.0 Å². The number of sulfone groups is 1. The summed E-state index contributed by atoms with van der Waals surface area (Å²) < 4.78 is 24.6. The minimum absolute atomic E-state index is 0.312. The highest BCUT2D eigenvalue weighted by Crippen LogP contribution is 2.32. The first-order chi connectivity index (χ1) is 13.3. The van der Waals surface area contributed by atoms with Gasteiger partial charge in [-0.2, -0.15) is 5.10 Å². The van der Waals surface area contributed by atoms with Crippen molar-refractivity contribution in [3.05, 3.63) is 48.0 Å². The Bertz CT molecular complexity index is 1250. The third-order valence-electron chi connectivity index (χ3n) is 4.88. The maximum Gasteiger partial charge on any atom is 0.180 e. The molecule has 0 saturated heterocycles. The largest absolute Gasteiger partial charge is 0.344 e. The van der Waals surface area contributed by atoms with Crippen LogP contribution in [0.5, 0.6) is 0 Å². The van der Waals surface area contributed by atoms with Crippen molar-refractivity contribution in [3.63, 3.8) is 0 Å². The number of nitrogens with one attached hydrogen (secondary N) is 2. The monoisotopic (exact) mass is 395 g/mol. The molecule has 0 unspecified atom stereocenters. The van der Waals surface area contributed by atoms with Crippen LogP contribution in [0.4, 0.5) is 0 Å². The molecule has 0 radical (unpaired) electrons. The van der Waals surface area contributed by atoms with Gasteiger partial charge in [0.15, 0.2) is 15.5 Å². The fourth-order valence-corrected chi connectivity index (χ4v) is 4.32. The molecule has 0 aliphatic carbocycles. The van der Waals surface area contributed by atoms with Gasteiger partial charge in [-0.15, -0.1) is 0 Å². The van der Waals surface area contributed by atoms with E-state index in [1.54, 1.807) is 44.3 Å². The predicted molar refractivity (Wildman–Crippen MR) is 109 cm³/mol. The Kier molecular flexibility index (Phi) is 4.30. The molecule has 2 N–H and O–H groups in total. The molecule has 4 rings (SSSR count). The van der Waals surface area contributed by atoms with Gasteiger partial charge in [-0.05, 0) is 39.8 Å². The number of fused-ring (bicyclic) bond motifs is 1. The summed E-state index contributed by atoms with van der Waals surface area (Å²) in [6, 6.07) is 6.79. The number of hydrogen-bond donors (Lipinski definition) is 2. The molecule has 28 heavy (non-hydrogen) atoms.